The summed E-state index contributed by atoms with van der Waals surface area (Å²) in [6.07, 6.45) is 3.54. The lowest BCUT2D eigenvalue weighted by atomic mass is 9.94. The summed E-state index contributed by atoms with van der Waals surface area (Å²) in [5.74, 6) is -2.18. The van der Waals surface area contributed by atoms with E-state index in [1.54, 1.807) is 36.4 Å². The van der Waals surface area contributed by atoms with Gasteiger partial charge in [-0.2, -0.15) is 0 Å². The van der Waals surface area contributed by atoms with Crippen LogP contribution in [0.15, 0.2) is 84.7 Å². The summed E-state index contributed by atoms with van der Waals surface area (Å²) in [7, 11) is 1.30. The van der Waals surface area contributed by atoms with Crippen molar-refractivity contribution in [1.82, 2.24) is 9.88 Å². The van der Waals surface area contributed by atoms with Crippen LogP contribution in [0.25, 0.3) is 5.76 Å². The lowest BCUT2D eigenvalue weighted by Gasteiger charge is -2.25. The highest BCUT2D eigenvalue weighted by Gasteiger charge is 2.45. The molecular formula is C26H22N2O5. The summed E-state index contributed by atoms with van der Waals surface area (Å²) in [5.41, 5.74) is 2.36. The average Bonchev–Trinajstić information content (AvgIpc) is 3.12. The van der Waals surface area contributed by atoms with Crippen molar-refractivity contribution in [2.75, 3.05) is 13.7 Å². The number of aliphatic hydroxyl groups is 1. The smallest absolute Gasteiger partial charge is 0.337 e. The lowest BCUT2D eigenvalue weighted by molar-refractivity contribution is -0.139. The summed E-state index contributed by atoms with van der Waals surface area (Å²) in [4.78, 5) is 43.3. The van der Waals surface area contributed by atoms with E-state index in [0.717, 1.165) is 5.56 Å². The number of amides is 1. The summed E-state index contributed by atoms with van der Waals surface area (Å²) in [6, 6.07) is 18.5. The number of nitrogens with zero attached hydrogens (tertiary/aromatic N) is 2. The van der Waals surface area contributed by atoms with Gasteiger partial charge in [0.2, 0.25) is 0 Å². The molecule has 1 aliphatic rings. The maximum atomic E-state index is 13.0. The molecule has 2 heterocycles. The van der Waals surface area contributed by atoms with E-state index in [4.69, 9.17) is 4.74 Å². The second-order valence-electron chi connectivity index (χ2n) is 7.58. The molecule has 0 bridgehead atoms. The standard InChI is InChI=1S/C26H22N2O5/c1-33-26(32)20-9-7-18(8-10-20)22-21(23(29)19-11-14-27-15-12-19)24(30)25(31)28(22)16-13-17-5-3-2-4-6-17/h2-12,14-15,22,29H,13,16H2,1H3/b23-21+. The molecule has 1 aliphatic heterocycles. The van der Waals surface area contributed by atoms with E-state index in [0.29, 0.717) is 23.1 Å². The van der Waals surface area contributed by atoms with Gasteiger partial charge in [-0.3, -0.25) is 14.6 Å². The molecule has 1 N–H and O–H groups in total. The van der Waals surface area contributed by atoms with Crippen molar-refractivity contribution in [3.05, 3.63) is 107 Å². The number of hydrogen-bond acceptors (Lipinski definition) is 6. The van der Waals surface area contributed by atoms with Gasteiger partial charge in [-0.1, -0.05) is 42.5 Å². The number of likely N-dealkylation sites (tertiary alicyclic amines) is 1. The molecule has 2 aromatic carbocycles. The summed E-state index contributed by atoms with van der Waals surface area (Å²) >= 11 is 0. The van der Waals surface area contributed by atoms with E-state index in [1.807, 2.05) is 30.3 Å². The van der Waals surface area contributed by atoms with E-state index in [-0.39, 0.29) is 17.9 Å². The molecule has 1 saturated heterocycles. The first-order chi connectivity index (χ1) is 16.0. The number of Topliss-reactive ketones (excluding diaryl/α,β-unsaturated/α-hetero) is 1. The Balaban J connectivity index is 1.77. The third-order valence-electron chi connectivity index (χ3n) is 5.63. The van der Waals surface area contributed by atoms with Crippen LogP contribution >= 0.6 is 0 Å². The fraction of sp³-hybridized carbons (Fsp3) is 0.154. The molecule has 1 atom stereocenters. The number of pyridine rings is 1. The van der Waals surface area contributed by atoms with Crippen LogP contribution in [0.3, 0.4) is 0 Å². The number of ether oxygens (including phenoxy) is 1. The predicted molar refractivity (Wildman–Crippen MR) is 121 cm³/mol. The molecule has 166 valence electrons. The molecule has 0 saturated carbocycles. The number of aliphatic hydroxyl groups excluding tert-OH is 1. The molecule has 7 nitrogen and oxygen atoms in total. The van der Waals surface area contributed by atoms with Crippen LogP contribution in [0.5, 0.6) is 0 Å². The van der Waals surface area contributed by atoms with E-state index in [2.05, 4.69) is 4.98 Å². The molecule has 1 fully saturated rings. The highest BCUT2D eigenvalue weighted by molar-refractivity contribution is 6.46. The first-order valence-corrected chi connectivity index (χ1v) is 10.4. The number of ketones is 1. The fourth-order valence-electron chi connectivity index (χ4n) is 3.94. The van der Waals surface area contributed by atoms with Gasteiger partial charge in [0.1, 0.15) is 5.76 Å². The van der Waals surface area contributed by atoms with Gasteiger partial charge in [-0.25, -0.2) is 4.79 Å². The maximum Gasteiger partial charge on any atom is 0.337 e. The van der Waals surface area contributed by atoms with Crippen molar-refractivity contribution in [1.29, 1.82) is 0 Å². The van der Waals surface area contributed by atoms with Crippen molar-refractivity contribution in [3.8, 4) is 0 Å². The fourth-order valence-corrected chi connectivity index (χ4v) is 3.94. The van der Waals surface area contributed by atoms with Gasteiger partial charge in [-0.15, -0.1) is 0 Å². The number of esters is 1. The third-order valence-corrected chi connectivity index (χ3v) is 5.63. The summed E-state index contributed by atoms with van der Waals surface area (Å²) in [5, 5.41) is 11.0. The van der Waals surface area contributed by atoms with Gasteiger partial charge < -0.3 is 14.7 Å². The van der Waals surface area contributed by atoms with Crippen molar-refractivity contribution >= 4 is 23.4 Å². The van der Waals surface area contributed by atoms with Gasteiger partial charge in [0.15, 0.2) is 0 Å². The monoisotopic (exact) mass is 442 g/mol. The van der Waals surface area contributed by atoms with Crippen molar-refractivity contribution in [2.24, 2.45) is 0 Å². The molecule has 1 aromatic heterocycles. The number of benzene rings is 2. The Morgan fingerprint density at radius 1 is 0.970 bits per heavy atom. The van der Waals surface area contributed by atoms with Crippen molar-refractivity contribution < 1.29 is 24.2 Å². The van der Waals surface area contributed by atoms with Crippen molar-refractivity contribution in [3.63, 3.8) is 0 Å². The van der Waals surface area contributed by atoms with E-state index >= 15 is 0 Å². The molecule has 1 amide bonds. The Bertz CT molecular complexity index is 1200. The zero-order valence-electron chi connectivity index (χ0n) is 18.0. The Hall–Kier alpha value is -4.26. The molecule has 0 spiro atoms. The lowest BCUT2D eigenvalue weighted by Crippen LogP contribution is -2.31. The summed E-state index contributed by atoms with van der Waals surface area (Å²) < 4.78 is 4.75. The molecule has 4 rings (SSSR count). The number of hydrogen-bond donors (Lipinski definition) is 1. The highest BCUT2D eigenvalue weighted by Crippen LogP contribution is 2.39. The molecule has 33 heavy (non-hydrogen) atoms. The summed E-state index contributed by atoms with van der Waals surface area (Å²) in [6.45, 7) is 0.283. The number of carbonyl (C=O) groups excluding carboxylic acids is 3. The second-order valence-corrected chi connectivity index (χ2v) is 7.58. The molecule has 3 aromatic rings. The Morgan fingerprint density at radius 2 is 1.64 bits per heavy atom. The molecule has 1 unspecified atom stereocenters. The Labute approximate surface area is 191 Å². The topological polar surface area (TPSA) is 96.8 Å². The van der Waals surface area contributed by atoms with Crippen LogP contribution in [0.4, 0.5) is 0 Å². The average molecular weight is 442 g/mol. The van der Waals surface area contributed by atoms with Crippen LogP contribution in [0, 0.1) is 0 Å². The number of rotatable bonds is 6. The maximum absolute atomic E-state index is 13.0. The van der Waals surface area contributed by atoms with Crippen LogP contribution in [0.2, 0.25) is 0 Å². The molecule has 0 aliphatic carbocycles. The van der Waals surface area contributed by atoms with Gasteiger partial charge >= 0.3 is 5.97 Å². The molecule has 7 heteroatoms. The second kappa shape index (κ2) is 9.48. The minimum absolute atomic E-state index is 0.00470. The van der Waals surface area contributed by atoms with Crippen LogP contribution < -0.4 is 0 Å². The first-order valence-electron chi connectivity index (χ1n) is 10.4. The largest absolute Gasteiger partial charge is 0.507 e. The minimum Gasteiger partial charge on any atom is -0.507 e. The van der Waals surface area contributed by atoms with Crippen LogP contribution in [-0.4, -0.2) is 46.3 Å². The third kappa shape index (κ3) is 4.39. The van der Waals surface area contributed by atoms with Crippen LogP contribution in [-0.2, 0) is 20.7 Å². The normalized spacial score (nSPS) is 17.2. The van der Waals surface area contributed by atoms with Crippen LogP contribution in [0.1, 0.15) is 33.1 Å². The van der Waals surface area contributed by atoms with Gasteiger partial charge in [0.05, 0.1) is 24.3 Å². The van der Waals surface area contributed by atoms with Gasteiger partial charge in [-0.05, 0) is 41.8 Å². The van der Waals surface area contributed by atoms with Gasteiger partial charge in [0, 0.05) is 24.5 Å². The number of methoxy groups -OCH3 is 1. The first kappa shape index (κ1) is 22.0. The predicted octanol–water partition coefficient (Wildman–Crippen LogP) is 3.53. The highest BCUT2D eigenvalue weighted by atomic mass is 16.5. The quantitative estimate of drug-likeness (QED) is 0.272. The van der Waals surface area contributed by atoms with E-state index in [9.17, 15) is 19.5 Å². The van der Waals surface area contributed by atoms with Gasteiger partial charge in [0.25, 0.3) is 11.7 Å². The molecular weight excluding hydrogens is 420 g/mol. The van der Waals surface area contributed by atoms with Crippen molar-refractivity contribution in [2.45, 2.75) is 12.5 Å². The number of aromatic nitrogens is 1. The Morgan fingerprint density at radius 3 is 2.27 bits per heavy atom. The zero-order chi connectivity index (χ0) is 23.4. The van der Waals surface area contributed by atoms with E-state index < -0.39 is 23.7 Å². The number of carbonyl (C=O) groups is 3. The SMILES string of the molecule is COC(=O)c1ccc(C2/C(=C(\O)c3ccncc3)C(=O)C(=O)N2CCc2ccccc2)cc1. The van der Waals surface area contributed by atoms with E-state index in [1.165, 1.54) is 24.4 Å². The molecule has 0 radical (unpaired) electrons. The minimum atomic E-state index is -0.798. The zero-order valence-corrected chi connectivity index (χ0v) is 18.0. The Kier molecular flexibility index (Phi) is 6.31.